The third kappa shape index (κ3) is 3.61. The first kappa shape index (κ1) is 28.3. The van der Waals surface area contributed by atoms with E-state index < -0.39 is 56.1 Å². The van der Waals surface area contributed by atoms with Gasteiger partial charge in [-0.2, -0.15) is 0 Å². The van der Waals surface area contributed by atoms with E-state index in [1.165, 1.54) is 42.5 Å². The number of anilines is 1. The van der Waals surface area contributed by atoms with Crippen LogP contribution in [0.3, 0.4) is 0 Å². The van der Waals surface area contributed by atoms with E-state index >= 15 is 0 Å². The van der Waals surface area contributed by atoms with E-state index in [9.17, 15) is 19.2 Å². The Balaban J connectivity index is 1.34. The summed E-state index contributed by atoms with van der Waals surface area (Å²) in [5.41, 5.74) is 0.322. The Morgan fingerprint density at radius 3 is 1.84 bits per heavy atom. The molecule has 1 heterocycles. The van der Waals surface area contributed by atoms with Crippen molar-refractivity contribution in [1.82, 2.24) is 0 Å². The van der Waals surface area contributed by atoms with E-state index in [0.717, 1.165) is 4.90 Å². The number of halogens is 8. The summed E-state index contributed by atoms with van der Waals surface area (Å²) in [7, 11) is 0. The van der Waals surface area contributed by atoms with Gasteiger partial charge in [0.05, 0.1) is 38.2 Å². The van der Waals surface area contributed by atoms with E-state index in [4.69, 9.17) is 97.5 Å². The summed E-state index contributed by atoms with van der Waals surface area (Å²) in [6.07, 6.45) is 0. The van der Waals surface area contributed by atoms with Crippen LogP contribution in [0.1, 0.15) is 20.7 Å². The number of alkyl halides is 4. The van der Waals surface area contributed by atoms with Crippen molar-refractivity contribution in [2.45, 2.75) is 14.1 Å². The smallest absolute Gasteiger partial charge is 0.338 e. The molecule has 0 spiro atoms. The fraction of sp³-hybridized carbons (Fsp3) is 0.250. The number of hydrogen-bond acceptors (Lipinski definition) is 5. The number of carbonyl (C=O) groups excluding carboxylic acids is 4. The van der Waals surface area contributed by atoms with Gasteiger partial charge in [0.2, 0.25) is 17.6 Å². The highest BCUT2D eigenvalue weighted by atomic mass is 35.5. The second kappa shape index (κ2) is 9.42. The summed E-state index contributed by atoms with van der Waals surface area (Å²) in [6.45, 7) is -0.572. The summed E-state index contributed by atoms with van der Waals surface area (Å²) in [5.74, 6) is -5.38. The van der Waals surface area contributed by atoms with Gasteiger partial charge in [0.15, 0.2) is 10.9 Å². The normalized spacial score (nSPS) is 29.2. The van der Waals surface area contributed by atoms with Crippen molar-refractivity contribution in [3.05, 3.63) is 73.7 Å². The Bertz CT molecular complexity index is 1430. The Hall–Kier alpha value is -1.22. The molecular weight excluding hydrogens is 666 g/mol. The lowest BCUT2D eigenvalue weighted by atomic mass is 9.84. The van der Waals surface area contributed by atoms with Gasteiger partial charge in [-0.1, -0.05) is 69.6 Å². The van der Waals surface area contributed by atoms with Crippen molar-refractivity contribution < 1.29 is 23.9 Å². The van der Waals surface area contributed by atoms with Crippen molar-refractivity contribution in [3.63, 3.8) is 0 Å². The zero-order valence-electron chi connectivity index (χ0n) is 18.4. The summed E-state index contributed by atoms with van der Waals surface area (Å²) in [6, 6.07) is 9.64. The van der Waals surface area contributed by atoms with Crippen LogP contribution in [0.15, 0.2) is 52.5 Å². The summed E-state index contributed by atoms with van der Waals surface area (Å²) >= 11 is 50.8. The molecule has 3 aliphatic rings. The summed E-state index contributed by atoms with van der Waals surface area (Å²) in [4.78, 5) is 48.7. The van der Waals surface area contributed by atoms with Gasteiger partial charge < -0.3 is 4.74 Å². The minimum atomic E-state index is -2.04. The largest absolute Gasteiger partial charge is 0.454 e. The number of rotatable bonds is 5. The number of ether oxygens (including phenoxy) is 1. The van der Waals surface area contributed by atoms with Crippen molar-refractivity contribution in [2.75, 3.05) is 11.5 Å². The highest BCUT2D eigenvalue weighted by molar-refractivity contribution is 6.67. The van der Waals surface area contributed by atoms with Gasteiger partial charge in [-0.05, 0) is 42.5 Å². The molecule has 2 aromatic rings. The number of esters is 1. The van der Waals surface area contributed by atoms with Gasteiger partial charge >= 0.3 is 5.97 Å². The van der Waals surface area contributed by atoms with Gasteiger partial charge in [0.1, 0.15) is 9.75 Å². The molecule has 38 heavy (non-hydrogen) atoms. The second-order valence-electron chi connectivity index (χ2n) is 8.76. The maximum Gasteiger partial charge on any atom is 0.338 e. The molecule has 0 N–H and O–H groups in total. The summed E-state index contributed by atoms with van der Waals surface area (Å²) in [5, 5.41) is 0.0801. The third-order valence-corrected chi connectivity index (χ3v) is 11.6. The fourth-order valence-corrected chi connectivity index (χ4v) is 8.45. The lowest BCUT2D eigenvalue weighted by molar-refractivity contribution is -0.123. The second-order valence-corrected chi connectivity index (χ2v) is 12.9. The maximum absolute atomic E-state index is 13.4. The van der Waals surface area contributed by atoms with Gasteiger partial charge in [0.25, 0.3) is 0 Å². The Kier molecular flexibility index (Phi) is 7.02. The third-order valence-electron chi connectivity index (χ3n) is 6.84. The molecule has 6 nitrogen and oxygen atoms in total. The lowest BCUT2D eigenvalue weighted by Crippen LogP contribution is -2.50. The van der Waals surface area contributed by atoms with Crippen LogP contribution in [-0.4, -0.2) is 44.3 Å². The van der Waals surface area contributed by atoms with Crippen molar-refractivity contribution in [2.24, 2.45) is 11.8 Å². The number of hydrogen-bond donors (Lipinski definition) is 0. The van der Waals surface area contributed by atoms with Gasteiger partial charge in [-0.15, -0.1) is 23.2 Å². The van der Waals surface area contributed by atoms with Crippen LogP contribution in [0.4, 0.5) is 5.69 Å². The number of carbonyl (C=O) groups is 4. The topological polar surface area (TPSA) is 80.8 Å². The van der Waals surface area contributed by atoms with Crippen LogP contribution in [0.2, 0.25) is 10.0 Å². The number of Topliss-reactive ketones (excluding diaryl/α,β-unsaturated/α-hetero) is 1. The lowest BCUT2D eigenvalue weighted by Gasteiger charge is -2.34. The predicted octanol–water partition coefficient (Wildman–Crippen LogP) is 6.98. The van der Waals surface area contributed by atoms with E-state index in [1.807, 2.05) is 0 Å². The van der Waals surface area contributed by atoms with Crippen molar-refractivity contribution in [1.29, 1.82) is 0 Å². The Morgan fingerprint density at radius 2 is 1.34 bits per heavy atom. The van der Waals surface area contributed by atoms with Crippen LogP contribution < -0.4 is 4.90 Å². The average Bonchev–Trinajstić information content (AvgIpc) is 3.25. The van der Waals surface area contributed by atoms with Crippen LogP contribution >= 0.6 is 92.8 Å². The van der Waals surface area contributed by atoms with E-state index in [1.54, 1.807) is 0 Å². The molecule has 0 aromatic heterocycles. The van der Waals surface area contributed by atoms with Crippen molar-refractivity contribution >= 4 is 122 Å². The average molecular weight is 677 g/mol. The number of nitrogens with zero attached hydrogens (tertiary/aromatic N) is 1. The molecule has 2 bridgehead atoms. The number of fused-ring (bicyclic) bond motifs is 5. The number of imide groups is 1. The number of allylic oxidation sites excluding steroid dienone is 2. The highest BCUT2D eigenvalue weighted by Gasteiger charge is 2.87. The first-order chi connectivity index (χ1) is 17.7. The Morgan fingerprint density at radius 1 is 0.816 bits per heavy atom. The molecule has 2 aromatic carbocycles. The fourth-order valence-electron chi connectivity index (χ4n) is 5.00. The molecule has 0 radical (unpaired) electrons. The van der Waals surface area contributed by atoms with Crippen LogP contribution in [0.25, 0.3) is 0 Å². The molecule has 1 saturated carbocycles. The zero-order valence-corrected chi connectivity index (χ0v) is 24.5. The minimum Gasteiger partial charge on any atom is -0.454 e. The summed E-state index contributed by atoms with van der Waals surface area (Å²) < 4.78 is 3.04. The van der Waals surface area contributed by atoms with Gasteiger partial charge in [-0.3, -0.25) is 14.4 Å². The number of ketones is 1. The van der Waals surface area contributed by atoms with E-state index in [-0.39, 0.29) is 31.9 Å². The zero-order chi connectivity index (χ0) is 27.9. The first-order valence-electron chi connectivity index (χ1n) is 10.6. The standard InChI is InChI=1S/C24H11Cl8NO5/c25-10-3-6-12(13(26)7-10)14(34)8-38-21(37)9-1-4-11(5-2-9)33-19(35)15-16(20(33)36)23(30)18(28)17(27)22(15,29)24(23,31)32/h1-7,15-16H,8H2/t15-,16-,22+,23+/m0/s1. The molecular formula is C24H11Cl8NO5. The van der Waals surface area contributed by atoms with Gasteiger partial charge in [-0.25, -0.2) is 9.69 Å². The van der Waals surface area contributed by atoms with E-state index in [0.29, 0.717) is 5.02 Å². The van der Waals surface area contributed by atoms with Crippen LogP contribution in [0.5, 0.6) is 0 Å². The minimum absolute atomic E-state index is 0.0547. The quantitative estimate of drug-likeness (QED) is 0.148. The molecule has 2 amide bonds. The maximum atomic E-state index is 13.4. The molecule has 0 unspecified atom stereocenters. The van der Waals surface area contributed by atoms with Crippen LogP contribution in [0, 0.1) is 11.8 Å². The van der Waals surface area contributed by atoms with E-state index in [2.05, 4.69) is 0 Å². The Labute approximate surface area is 255 Å². The molecule has 4 atom stereocenters. The van der Waals surface area contributed by atoms with Crippen molar-refractivity contribution in [3.8, 4) is 0 Å². The molecule has 5 rings (SSSR count). The molecule has 2 aliphatic carbocycles. The monoisotopic (exact) mass is 673 g/mol. The SMILES string of the molecule is O=C(OCC(=O)c1ccc(Cl)cc1Cl)c1ccc(N2C(=O)[C@@H]3[C@@H](C2=O)[C@@]2(Cl)C(Cl)=C(Cl)[C@@]3(Cl)C2(Cl)Cl)cc1. The number of benzene rings is 2. The predicted molar refractivity (Wildman–Crippen MR) is 147 cm³/mol. The molecule has 2 fully saturated rings. The molecule has 14 heteroatoms. The highest BCUT2D eigenvalue weighted by Crippen LogP contribution is 2.77. The van der Waals surface area contributed by atoms with Crippen LogP contribution in [-0.2, 0) is 14.3 Å². The molecule has 198 valence electrons. The van der Waals surface area contributed by atoms with Gasteiger partial charge in [0, 0.05) is 10.6 Å². The number of amides is 2. The first-order valence-corrected chi connectivity index (χ1v) is 13.7. The molecule has 1 aliphatic heterocycles. The molecule has 1 saturated heterocycles.